The fourth-order valence-corrected chi connectivity index (χ4v) is 2.41. The lowest BCUT2D eigenvalue weighted by Gasteiger charge is -2.24. The standard InChI is InChI=1S/C11H14ClN/c1-7-5-8(12)6-10-9(7)3-2-4-11(10)13/h5-6,11H,2-4,13H2,1H3/t11-/m1/s1. The van der Waals surface area contributed by atoms with Gasteiger partial charge in [-0.25, -0.2) is 0 Å². The zero-order valence-corrected chi connectivity index (χ0v) is 8.56. The number of benzene rings is 1. The van der Waals surface area contributed by atoms with Gasteiger partial charge in [0.1, 0.15) is 0 Å². The number of aryl methyl sites for hydroxylation is 1. The molecule has 0 saturated carbocycles. The van der Waals surface area contributed by atoms with Crippen LogP contribution in [-0.2, 0) is 6.42 Å². The van der Waals surface area contributed by atoms with Crippen molar-refractivity contribution < 1.29 is 0 Å². The van der Waals surface area contributed by atoms with Crippen LogP contribution in [0.15, 0.2) is 12.1 Å². The molecule has 0 heterocycles. The Kier molecular flexibility index (Phi) is 2.31. The average Bonchev–Trinajstić information content (AvgIpc) is 2.07. The molecule has 2 heteroatoms. The highest BCUT2D eigenvalue weighted by molar-refractivity contribution is 6.30. The molecular formula is C11H14ClN. The van der Waals surface area contributed by atoms with Gasteiger partial charge in [-0.2, -0.15) is 0 Å². The number of hydrogen-bond acceptors (Lipinski definition) is 1. The van der Waals surface area contributed by atoms with E-state index in [1.807, 2.05) is 12.1 Å². The zero-order chi connectivity index (χ0) is 9.42. The van der Waals surface area contributed by atoms with Crippen molar-refractivity contribution in [2.45, 2.75) is 32.2 Å². The van der Waals surface area contributed by atoms with Crippen molar-refractivity contribution in [2.24, 2.45) is 5.73 Å². The van der Waals surface area contributed by atoms with Gasteiger partial charge in [0.2, 0.25) is 0 Å². The molecule has 0 unspecified atom stereocenters. The maximum absolute atomic E-state index is 6.03. The van der Waals surface area contributed by atoms with Crippen LogP contribution in [0.2, 0.25) is 5.02 Å². The highest BCUT2D eigenvalue weighted by Crippen LogP contribution is 2.32. The van der Waals surface area contributed by atoms with E-state index in [0.29, 0.717) is 0 Å². The zero-order valence-electron chi connectivity index (χ0n) is 7.81. The second-order valence-electron chi connectivity index (χ2n) is 3.79. The molecule has 2 N–H and O–H groups in total. The lowest BCUT2D eigenvalue weighted by Crippen LogP contribution is -2.18. The fourth-order valence-electron chi connectivity index (χ4n) is 2.13. The third-order valence-corrected chi connectivity index (χ3v) is 3.03. The van der Waals surface area contributed by atoms with E-state index >= 15 is 0 Å². The van der Waals surface area contributed by atoms with Gasteiger partial charge in [0, 0.05) is 11.1 Å². The summed E-state index contributed by atoms with van der Waals surface area (Å²) in [7, 11) is 0. The van der Waals surface area contributed by atoms with Gasteiger partial charge in [-0.05, 0) is 55.0 Å². The van der Waals surface area contributed by atoms with Gasteiger partial charge < -0.3 is 5.73 Å². The minimum absolute atomic E-state index is 0.196. The van der Waals surface area contributed by atoms with E-state index in [0.717, 1.165) is 17.9 Å². The summed E-state index contributed by atoms with van der Waals surface area (Å²) in [4.78, 5) is 0. The molecule has 0 radical (unpaired) electrons. The van der Waals surface area contributed by atoms with Crippen molar-refractivity contribution >= 4 is 11.6 Å². The smallest absolute Gasteiger partial charge is 0.0412 e. The van der Waals surface area contributed by atoms with Crippen LogP contribution >= 0.6 is 11.6 Å². The van der Waals surface area contributed by atoms with Crippen LogP contribution in [0.5, 0.6) is 0 Å². The number of fused-ring (bicyclic) bond motifs is 1. The number of halogens is 1. The predicted octanol–water partition coefficient (Wildman–Crippen LogP) is 2.98. The van der Waals surface area contributed by atoms with E-state index in [9.17, 15) is 0 Å². The van der Waals surface area contributed by atoms with Gasteiger partial charge in [-0.3, -0.25) is 0 Å². The molecule has 2 rings (SSSR count). The molecule has 13 heavy (non-hydrogen) atoms. The maximum atomic E-state index is 6.03. The highest BCUT2D eigenvalue weighted by atomic mass is 35.5. The third-order valence-electron chi connectivity index (χ3n) is 2.81. The summed E-state index contributed by atoms with van der Waals surface area (Å²) >= 11 is 5.99. The summed E-state index contributed by atoms with van der Waals surface area (Å²) in [5.74, 6) is 0. The SMILES string of the molecule is Cc1cc(Cl)cc2c1CCC[C@H]2N. The molecule has 70 valence electrons. The molecule has 0 aromatic heterocycles. The molecule has 1 aromatic rings. The number of nitrogens with two attached hydrogens (primary N) is 1. The molecule has 0 bridgehead atoms. The average molecular weight is 196 g/mol. The molecule has 0 saturated heterocycles. The van der Waals surface area contributed by atoms with Gasteiger partial charge in [-0.1, -0.05) is 11.6 Å². The van der Waals surface area contributed by atoms with Crippen molar-refractivity contribution in [3.63, 3.8) is 0 Å². The summed E-state index contributed by atoms with van der Waals surface area (Å²) < 4.78 is 0. The summed E-state index contributed by atoms with van der Waals surface area (Å²) in [5, 5.41) is 0.814. The highest BCUT2D eigenvalue weighted by Gasteiger charge is 2.18. The van der Waals surface area contributed by atoms with Crippen LogP contribution in [0.25, 0.3) is 0 Å². The topological polar surface area (TPSA) is 26.0 Å². The molecule has 1 aromatic carbocycles. The van der Waals surface area contributed by atoms with Crippen LogP contribution in [0.1, 0.15) is 35.6 Å². The first-order chi connectivity index (χ1) is 6.18. The predicted molar refractivity (Wildman–Crippen MR) is 56.1 cm³/mol. The second-order valence-corrected chi connectivity index (χ2v) is 4.23. The maximum Gasteiger partial charge on any atom is 0.0412 e. The molecule has 1 nitrogen and oxygen atoms in total. The Morgan fingerprint density at radius 2 is 2.23 bits per heavy atom. The quantitative estimate of drug-likeness (QED) is 0.677. The van der Waals surface area contributed by atoms with Gasteiger partial charge in [0.15, 0.2) is 0 Å². The van der Waals surface area contributed by atoms with Crippen LogP contribution in [0.4, 0.5) is 0 Å². The Balaban J connectivity index is 2.56. The van der Waals surface area contributed by atoms with Gasteiger partial charge in [0.25, 0.3) is 0 Å². The molecular weight excluding hydrogens is 182 g/mol. The fraction of sp³-hybridized carbons (Fsp3) is 0.455. The third kappa shape index (κ3) is 1.59. The molecule has 1 aliphatic carbocycles. The van der Waals surface area contributed by atoms with Crippen LogP contribution in [0, 0.1) is 6.92 Å². The Labute approximate surface area is 83.9 Å². The van der Waals surface area contributed by atoms with E-state index in [4.69, 9.17) is 17.3 Å². The van der Waals surface area contributed by atoms with Crippen LogP contribution in [0.3, 0.4) is 0 Å². The molecule has 1 atom stereocenters. The second kappa shape index (κ2) is 3.32. The Bertz CT molecular complexity index is 333. The molecule has 0 aliphatic heterocycles. The number of hydrogen-bond donors (Lipinski definition) is 1. The molecule has 0 spiro atoms. The largest absolute Gasteiger partial charge is 0.324 e. The van der Waals surface area contributed by atoms with Gasteiger partial charge >= 0.3 is 0 Å². The van der Waals surface area contributed by atoms with Crippen molar-refractivity contribution in [1.82, 2.24) is 0 Å². The van der Waals surface area contributed by atoms with Crippen molar-refractivity contribution in [2.75, 3.05) is 0 Å². The Hall–Kier alpha value is -0.530. The monoisotopic (exact) mass is 195 g/mol. The van der Waals surface area contributed by atoms with E-state index in [1.165, 1.54) is 23.1 Å². The normalized spacial score (nSPS) is 21.3. The number of rotatable bonds is 0. The van der Waals surface area contributed by atoms with Crippen molar-refractivity contribution in [3.05, 3.63) is 33.8 Å². The molecule has 0 fully saturated rings. The van der Waals surface area contributed by atoms with Crippen LogP contribution in [-0.4, -0.2) is 0 Å². The minimum atomic E-state index is 0.196. The van der Waals surface area contributed by atoms with E-state index in [1.54, 1.807) is 0 Å². The van der Waals surface area contributed by atoms with Gasteiger partial charge in [-0.15, -0.1) is 0 Å². The summed E-state index contributed by atoms with van der Waals surface area (Å²) in [6, 6.07) is 4.24. The van der Waals surface area contributed by atoms with E-state index in [-0.39, 0.29) is 6.04 Å². The van der Waals surface area contributed by atoms with Crippen molar-refractivity contribution in [3.8, 4) is 0 Å². The van der Waals surface area contributed by atoms with Gasteiger partial charge in [0.05, 0.1) is 0 Å². The summed E-state index contributed by atoms with van der Waals surface area (Å²) in [6.07, 6.45) is 3.45. The lowest BCUT2D eigenvalue weighted by atomic mass is 9.86. The Morgan fingerprint density at radius 3 is 3.00 bits per heavy atom. The first-order valence-electron chi connectivity index (χ1n) is 4.73. The lowest BCUT2D eigenvalue weighted by molar-refractivity contribution is 0.568. The van der Waals surface area contributed by atoms with Crippen molar-refractivity contribution in [1.29, 1.82) is 0 Å². The first kappa shape index (κ1) is 9.04. The van der Waals surface area contributed by atoms with E-state index < -0.39 is 0 Å². The summed E-state index contributed by atoms with van der Waals surface area (Å²) in [5.41, 5.74) is 9.99. The minimum Gasteiger partial charge on any atom is -0.324 e. The Morgan fingerprint density at radius 1 is 1.46 bits per heavy atom. The van der Waals surface area contributed by atoms with E-state index in [2.05, 4.69) is 6.92 Å². The van der Waals surface area contributed by atoms with Crippen LogP contribution < -0.4 is 5.73 Å². The molecule has 0 amide bonds. The first-order valence-corrected chi connectivity index (χ1v) is 5.11. The molecule has 1 aliphatic rings. The summed E-state index contributed by atoms with van der Waals surface area (Å²) in [6.45, 7) is 2.11.